The van der Waals surface area contributed by atoms with E-state index in [1.807, 2.05) is 91.0 Å². The predicted molar refractivity (Wildman–Crippen MR) is 105 cm³/mol. The monoisotopic (exact) mass is 382 g/mol. The molecule has 0 fully saturated rings. The molecule has 0 unspecified atom stereocenters. The maximum Gasteiger partial charge on any atom is 0.410 e. The molecule has 2 aromatic heterocycles. The van der Waals surface area contributed by atoms with Crippen LogP contribution in [0.25, 0.3) is 17.1 Å². The standard InChI is InChI=1S/C20H16N9/c1-4-10-16(11-5-1)27-19(22-24-25-27)21-20-23-29(18-14-8-3-9-15-18)26-28(20)17-12-6-2-7-13-17/h1-15H,(H,21,22,23,25,26)/q+1. The van der Waals surface area contributed by atoms with Gasteiger partial charge in [0.1, 0.15) is 11.4 Å². The summed E-state index contributed by atoms with van der Waals surface area (Å²) in [6.45, 7) is 0. The summed E-state index contributed by atoms with van der Waals surface area (Å²) >= 11 is 0. The number of para-hydroxylation sites is 3. The van der Waals surface area contributed by atoms with Gasteiger partial charge in [0.2, 0.25) is 0 Å². The number of benzene rings is 3. The van der Waals surface area contributed by atoms with Crippen LogP contribution in [0.2, 0.25) is 0 Å². The Morgan fingerprint density at radius 2 is 1.34 bits per heavy atom. The molecule has 3 aromatic carbocycles. The Bertz CT molecular complexity index is 1210. The van der Waals surface area contributed by atoms with Crippen molar-refractivity contribution in [2.45, 2.75) is 0 Å². The largest absolute Gasteiger partial charge is 0.410 e. The van der Waals surface area contributed by atoms with Crippen LogP contribution in [0, 0.1) is 0 Å². The summed E-state index contributed by atoms with van der Waals surface area (Å²) in [6, 6.07) is 29.1. The van der Waals surface area contributed by atoms with Crippen LogP contribution in [-0.2, 0) is 0 Å². The van der Waals surface area contributed by atoms with Gasteiger partial charge in [-0.1, -0.05) is 64.4 Å². The lowest BCUT2D eigenvalue weighted by molar-refractivity contribution is -0.647. The Balaban J connectivity index is 1.58. The predicted octanol–water partition coefficient (Wildman–Crippen LogP) is 2.26. The second-order valence-corrected chi connectivity index (χ2v) is 6.16. The average Bonchev–Trinajstić information content (AvgIpc) is 3.43. The molecule has 29 heavy (non-hydrogen) atoms. The first-order chi connectivity index (χ1) is 14.4. The summed E-state index contributed by atoms with van der Waals surface area (Å²) in [7, 11) is 0. The topological polar surface area (TPSA) is 90.2 Å². The molecule has 9 nitrogen and oxygen atoms in total. The van der Waals surface area contributed by atoms with Crippen molar-refractivity contribution in [1.29, 1.82) is 0 Å². The van der Waals surface area contributed by atoms with Gasteiger partial charge < -0.3 is 0 Å². The van der Waals surface area contributed by atoms with E-state index in [1.165, 1.54) is 0 Å². The van der Waals surface area contributed by atoms with Crippen molar-refractivity contribution in [1.82, 2.24) is 35.3 Å². The zero-order valence-corrected chi connectivity index (χ0v) is 15.2. The van der Waals surface area contributed by atoms with E-state index in [9.17, 15) is 0 Å². The van der Waals surface area contributed by atoms with Gasteiger partial charge in [-0.25, -0.2) is 5.32 Å². The van der Waals surface area contributed by atoms with Gasteiger partial charge in [0.25, 0.3) is 5.95 Å². The third kappa shape index (κ3) is 3.32. The van der Waals surface area contributed by atoms with Crippen LogP contribution < -0.4 is 10.00 Å². The van der Waals surface area contributed by atoms with E-state index in [1.54, 1.807) is 14.2 Å². The van der Waals surface area contributed by atoms with E-state index in [2.05, 4.69) is 31.2 Å². The van der Waals surface area contributed by atoms with Crippen molar-refractivity contribution in [3.8, 4) is 17.1 Å². The van der Waals surface area contributed by atoms with Gasteiger partial charge in [-0.05, 0) is 51.6 Å². The molecule has 0 aliphatic heterocycles. The number of hydrogen-bond donors (Lipinski definition) is 1. The summed E-state index contributed by atoms with van der Waals surface area (Å²) in [4.78, 5) is 1.56. The molecule has 0 aliphatic carbocycles. The van der Waals surface area contributed by atoms with E-state index < -0.39 is 0 Å². The number of aromatic nitrogens is 8. The third-order valence-electron chi connectivity index (χ3n) is 4.25. The highest BCUT2D eigenvalue weighted by Gasteiger charge is 2.24. The molecule has 0 saturated carbocycles. The average molecular weight is 382 g/mol. The molecule has 0 atom stereocenters. The minimum atomic E-state index is 0.431. The van der Waals surface area contributed by atoms with Gasteiger partial charge in [-0.2, -0.15) is 4.68 Å². The second kappa shape index (κ2) is 7.31. The maximum absolute atomic E-state index is 4.62. The van der Waals surface area contributed by atoms with Crippen LogP contribution in [0.5, 0.6) is 0 Å². The van der Waals surface area contributed by atoms with Gasteiger partial charge in [-0.15, -0.1) is 0 Å². The van der Waals surface area contributed by atoms with Crippen molar-refractivity contribution in [3.05, 3.63) is 91.0 Å². The fourth-order valence-corrected chi connectivity index (χ4v) is 2.88. The van der Waals surface area contributed by atoms with Crippen LogP contribution in [-0.4, -0.2) is 35.3 Å². The molecule has 9 heteroatoms. The second-order valence-electron chi connectivity index (χ2n) is 6.16. The normalized spacial score (nSPS) is 10.8. The van der Waals surface area contributed by atoms with Crippen LogP contribution in [0.1, 0.15) is 0 Å². The molecule has 0 amide bonds. The zero-order valence-electron chi connectivity index (χ0n) is 15.2. The Hall–Kier alpha value is -4.40. The molecule has 2 heterocycles. The van der Waals surface area contributed by atoms with Crippen LogP contribution >= 0.6 is 0 Å². The lowest BCUT2D eigenvalue weighted by atomic mass is 10.3. The molecule has 0 aliphatic rings. The molecule has 0 spiro atoms. The van der Waals surface area contributed by atoms with Crippen molar-refractivity contribution < 1.29 is 4.68 Å². The number of tetrazole rings is 2. The fraction of sp³-hybridized carbons (Fsp3) is 0. The lowest BCUT2D eigenvalue weighted by Crippen LogP contribution is -2.36. The number of anilines is 2. The molecule has 140 valence electrons. The molecule has 0 radical (unpaired) electrons. The Morgan fingerprint density at radius 1 is 0.724 bits per heavy atom. The van der Waals surface area contributed by atoms with E-state index in [0.29, 0.717) is 11.9 Å². The zero-order chi connectivity index (χ0) is 19.5. The van der Waals surface area contributed by atoms with Crippen molar-refractivity contribution >= 4 is 11.9 Å². The van der Waals surface area contributed by atoms with Crippen LogP contribution in [0.4, 0.5) is 11.9 Å². The highest BCUT2D eigenvalue weighted by atomic mass is 15.7. The minimum Gasteiger partial charge on any atom is -0.224 e. The van der Waals surface area contributed by atoms with Crippen LogP contribution in [0.3, 0.4) is 0 Å². The molecular formula is C20H16N9+. The lowest BCUT2D eigenvalue weighted by Gasteiger charge is -2.02. The first-order valence-corrected chi connectivity index (χ1v) is 9.00. The van der Waals surface area contributed by atoms with Crippen molar-refractivity contribution in [2.75, 3.05) is 5.32 Å². The molecule has 1 N–H and O–H groups in total. The summed E-state index contributed by atoms with van der Waals surface area (Å²) in [6.07, 6.45) is 0. The number of nitrogens with zero attached hydrogens (tertiary/aromatic N) is 8. The first-order valence-electron chi connectivity index (χ1n) is 9.00. The maximum atomic E-state index is 4.62. The fourth-order valence-electron chi connectivity index (χ4n) is 2.88. The quantitative estimate of drug-likeness (QED) is 0.469. The highest BCUT2D eigenvalue weighted by Crippen LogP contribution is 2.15. The first kappa shape index (κ1) is 16.8. The van der Waals surface area contributed by atoms with E-state index in [4.69, 9.17) is 0 Å². The Labute approximate surface area is 165 Å². The summed E-state index contributed by atoms with van der Waals surface area (Å²) in [5.41, 5.74) is 2.53. The summed E-state index contributed by atoms with van der Waals surface area (Å²) in [5, 5.41) is 24.4. The molecular weight excluding hydrogens is 366 g/mol. The molecule has 0 bridgehead atoms. The molecule has 5 aromatic rings. The van der Waals surface area contributed by atoms with Crippen LogP contribution in [0.15, 0.2) is 91.0 Å². The number of rotatable bonds is 5. The highest BCUT2D eigenvalue weighted by molar-refractivity contribution is 5.45. The Morgan fingerprint density at radius 3 is 2.03 bits per heavy atom. The SMILES string of the molecule is c1ccc(-n2nc(Nc3nnnn3-c3ccccc3)[n+](-c3ccccc3)n2)cc1. The van der Waals surface area contributed by atoms with E-state index >= 15 is 0 Å². The van der Waals surface area contributed by atoms with Gasteiger partial charge >= 0.3 is 5.95 Å². The van der Waals surface area contributed by atoms with Crippen molar-refractivity contribution in [2.24, 2.45) is 0 Å². The van der Waals surface area contributed by atoms with Gasteiger partial charge in [0, 0.05) is 5.21 Å². The number of nitrogens with one attached hydrogen (secondary N) is 1. The summed E-state index contributed by atoms with van der Waals surface area (Å²) in [5.74, 6) is 0.910. The molecule has 5 rings (SSSR count). The van der Waals surface area contributed by atoms with Gasteiger partial charge in [-0.3, -0.25) is 0 Å². The van der Waals surface area contributed by atoms with Gasteiger partial charge in [0.15, 0.2) is 0 Å². The smallest absolute Gasteiger partial charge is 0.224 e. The summed E-state index contributed by atoms with van der Waals surface area (Å²) < 4.78 is 3.31. The minimum absolute atomic E-state index is 0.431. The molecule has 0 saturated heterocycles. The Kier molecular flexibility index (Phi) is 4.22. The third-order valence-corrected chi connectivity index (χ3v) is 4.25. The number of hydrogen-bond acceptors (Lipinski definition) is 6. The van der Waals surface area contributed by atoms with E-state index in [0.717, 1.165) is 17.1 Å². The van der Waals surface area contributed by atoms with E-state index in [-0.39, 0.29) is 0 Å². The van der Waals surface area contributed by atoms with Crippen molar-refractivity contribution in [3.63, 3.8) is 0 Å². The van der Waals surface area contributed by atoms with Gasteiger partial charge in [0.05, 0.1) is 10.8 Å².